The summed E-state index contributed by atoms with van der Waals surface area (Å²) in [6, 6.07) is 0.372. The van der Waals surface area contributed by atoms with Crippen LogP contribution in [0.25, 0.3) is 0 Å². The van der Waals surface area contributed by atoms with Gasteiger partial charge in [-0.15, -0.1) is 0 Å². The van der Waals surface area contributed by atoms with Crippen molar-refractivity contribution in [2.24, 2.45) is 0 Å². The van der Waals surface area contributed by atoms with Crippen LogP contribution < -0.4 is 5.32 Å². The van der Waals surface area contributed by atoms with Crippen molar-refractivity contribution in [3.8, 4) is 0 Å². The van der Waals surface area contributed by atoms with Crippen molar-refractivity contribution in [1.29, 1.82) is 0 Å². The Labute approximate surface area is 66.8 Å². The van der Waals surface area contributed by atoms with Crippen molar-refractivity contribution < 1.29 is 13.2 Å². The van der Waals surface area contributed by atoms with Crippen LogP contribution in [0.5, 0.6) is 0 Å². The third-order valence-electron chi connectivity index (χ3n) is 1.54. The Kier molecular flexibility index (Phi) is 2.86. The Morgan fingerprint density at radius 3 is 2.55 bits per heavy atom. The van der Waals surface area contributed by atoms with E-state index in [1.165, 1.54) is 6.26 Å². The van der Waals surface area contributed by atoms with E-state index in [-0.39, 0.29) is 5.75 Å². The third-order valence-corrected chi connectivity index (χ3v) is 2.49. The molecule has 1 saturated heterocycles. The predicted molar refractivity (Wildman–Crippen MR) is 42.3 cm³/mol. The lowest BCUT2D eigenvalue weighted by Crippen LogP contribution is -2.47. The highest BCUT2D eigenvalue weighted by molar-refractivity contribution is 7.90. The summed E-state index contributed by atoms with van der Waals surface area (Å²) in [4.78, 5) is 0. The summed E-state index contributed by atoms with van der Waals surface area (Å²) in [6.45, 7) is 1.96. The SMILES string of the molecule is CS(=O)(=O)CCNC1COC1. The average molecular weight is 179 g/mol. The Hall–Kier alpha value is -0.130. The molecular weight excluding hydrogens is 166 g/mol. The molecule has 0 radical (unpaired) electrons. The van der Waals surface area contributed by atoms with Crippen molar-refractivity contribution in [2.45, 2.75) is 6.04 Å². The molecule has 0 aromatic carbocycles. The minimum absolute atomic E-state index is 0.212. The maximum Gasteiger partial charge on any atom is 0.148 e. The lowest BCUT2D eigenvalue weighted by atomic mass is 10.3. The Bertz CT molecular complexity index is 208. The predicted octanol–water partition coefficient (Wildman–Crippen LogP) is -0.981. The molecule has 1 aliphatic heterocycles. The van der Waals surface area contributed by atoms with Crippen LogP contribution in [0.1, 0.15) is 0 Å². The topological polar surface area (TPSA) is 55.4 Å². The second-order valence-electron chi connectivity index (χ2n) is 2.82. The summed E-state index contributed by atoms with van der Waals surface area (Å²) in [6.07, 6.45) is 1.24. The van der Waals surface area contributed by atoms with E-state index in [2.05, 4.69) is 5.32 Å². The van der Waals surface area contributed by atoms with Gasteiger partial charge in [0.2, 0.25) is 0 Å². The van der Waals surface area contributed by atoms with Crippen molar-refractivity contribution >= 4 is 9.84 Å². The molecule has 0 bridgehead atoms. The van der Waals surface area contributed by atoms with Crippen LogP contribution in [0.4, 0.5) is 0 Å². The van der Waals surface area contributed by atoms with Crippen molar-refractivity contribution in [3.63, 3.8) is 0 Å². The normalized spacial score (nSPS) is 19.7. The van der Waals surface area contributed by atoms with E-state index in [4.69, 9.17) is 4.74 Å². The molecule has 66 valence electrons. The average Bonchev–Trinajstić information content (AvgIpc) is 1.73. The van der Waals surface area contributed by atoms with Crippen LogP contribution in [0, 0.1) is 0 Å². The summed E-state index contributed by atoms with van der Waals surface area (Å²) in [5, 5.41) is 3.07. The summed E-state index contributed by atoms with van der Waals surface area (Å²) in [7, 11) is -2.81. The maximum absolute atomic E-state index is 10.6. The molecule has 0 unspecified atom stereocenters. The smallest absolute Gasteiger partial charge is 0.148 e. The summed E-state index contributed by atoms with van der Waals surface area (Å²) < 4.78 is 26.2. The number of ether oxygens (including phenoxy) is 1. The molecule has 0 aromatic rings. The highest BCUT2D eigenvalue weighted by Gasteiger charge is 2.17. The zero-order valence-electron chi connectivity index (χ0n) is 6.54. The van der Waals surface area contributed by atoms with Crippen LogP contribution in [-0.2, 0) is 14.6 Å². The summed E-state index contributed by atoms with van der Waals surface area (Å²) in [5.41, 5.74) is 0. The molecule has 5 heteroatoms. The quantitative estimate of drug-likeness (QED) is 0.602. The standard InChI is InChI=1S/C6H13NO3S/c1-11(8,9)3-2-7-6-4-10-5-6/h6-7H,2-5H2,1H3. The van der Waals surface area contributed by atoms with Gasteiger partial charge >= 0.3 is 0 Å². The molecule has 1 fully saturated rings. The molecule has 0 spiro atoms. The van der Waals surface area contributed by atoms with E-state index < -0.39 is 9.84 Å². The molecule has 1 heterocycles. The lowest BCUT2D eigenvalue weighted by Gasteiger charge is -2.26. The molecule has 1 aliphatic rings. The maximum atomic E-state index is 10.6. The van der Waals surface area contributed by atoms with Crippen molar-refractivity contribution in [1.82, 2.24) is 5.32 Å². The van der Waals surface area contributed by atoms with Gasteiger partial charge in [0.1, 0.15) is 9.84 Å². The molecule has 0 aliphatic carbocycles. The first-order valence-electron chi connectivity index (χ1n) is 3.57. The first-order valence-corrected chi connectivity index (χ1v) is 5.63. The first-order chi connectivity index (χ1) is 5.08. The fourth-order valence-corrected chi connectivity index (χ4v) is 1.29. The van der Waals surface area contributed by atoms with Crippen LogP contribution >= 0.6 is 0 Å². The Morgan fingerprint density at radius 1 is 1.55 bits per heavy atom. The monoisotopic (exact) mass is 179 g/mol. The summed E-state index contributed by atoms with van der Waals surface area (Å²) >= 11 is 0. The van der Waals surface area contributed by atoms with Crippen molar-refractivity contribution in [3.05, 3.63) is 0 Å². The van der Waals surface area contributed by atoms with Gasteiger partial charge in [0.05, 0.1) is 25.0 Å². The van der Waals surface area contributed by atoms with E-state index in [0.29, 0.717) is 25.8 Å². The zero-order valence-corrected chi connectivity index (χ0v) is 7.36. The molecule has 1 rings (SSSR count). The Balaban J connectivity index is 2.04. The Morgan fingerprint density at radius 2 is 2.18 bits per heavy atom. The van der Waals surface area contributed by atoms with Crippen LogP contribution in [0.15, 0.2) is 0 Å². The van der Waals surface area contributed by atoms with Gasteiger partial charge in [-0.2, -0.15) is 0 Å². The fourth-order valence-electron chi connectivity index (χ4n) is 0.802. The second-order valence-corrected chi connectivity index (χ2v) is 5.08. The number of hydrogen-bond donors (Lipinski definition) is 1. The van der Waals surface area contributed by atoms with Gasteiger partial charge in [0, 0.05) is 12.8 Å². The molecule has 1 N–H and O–H groups in total. The van der Waals surface area contributed by atoms with Gasteiger partial charge in [0.25, 0.3) is 0 Å². The molecule has 0 atom stereocenters. The van der Waals surface area contributed by atoms with Gasteiger partial charge < -0.3 is 10.1 Å². The van der Waals surface area contributed by atoms with Crippen molar-refractivity contribution in [2.75, 3.05) is 31.8 Å². The first kappa shape index (κ1) is 8.96. The van der Waals surface area contributed by atoms with E-state index in [1.54, 1.807) is 0 Å². The van der Waals surface area contributed by atoms with Gasteiger partial charge in [-0.1, -0.05) is 0 Å². The highest BCUT2D eigenvalue weighted by atomic mass is 32.2. The van der Waals surface area contributed by atoms with Crippen LogP contribution in [0.2, 0.25) is 0 Å². The molecule has 0 amide bonds. The zero-order chi connectivity index (χ0) is 8.32. The molecule has 4 nitrogen and oxygen atoms in total. The molecule has 0 aromatic heterocycles. The number of sulfone groups is 1. The summed E-state index contributed by atoms with van der Waals surface area (Å²) in [5.74, 6) is 0.212. The van der Waals surface area contributed by atoms with Crippen LogP contribution in [0.3, 0.4) is 0 Å². The molecular formula is C6H13NO3S. The largest absolute Gasteiger partial charge is 0.378 e. The minimum atomic E-state index is -2.81. The number of rotatable bonds is 4. The van der Waals surface area contributed by atoms with Crippen LogP contribution in [-0.4, -0.2) is 46.2 Å². The van der Waals surface area contributed by atoms with E-state index in [0.717, 1.165) is 0 Å². The van der Waals surface area contributed by atoms with Gasteiger partial charge in [-0.05, 0) is 0 Å². The number of hydrogen-bond acceptors (Lipinski definition) is 4. The minimum Gasteiger partial charge on any atom is -0.378 e. The van der Waals surface area contributed by atoms with E-state index in [1.807, 2.05) is 0 Å². The third kappa shape index (κ3) is 3.69. The van der Waals surface area contributed by atoms with Gasteiger partial charge in [0.15, 0.2) is 0 Å². The van der Waals surface area contributed by atoms with E-state index in [9.17, 15) is 8.42 Å². The highest BCUT2D eigenvalue weighted by Crippen LogP contribution is 1.98. The lowest BCUT2D eigenvalue weighted by molar-refractivity contribution is -0.00410. The second kappa shape index (κ2) is 3.51. The molecule has 0 saturated carbocycles. The van der Waals surface area contributed by atoms with Gasteiger partial charge in [-0.25, -0.2) is 8.42 Å². The van der Waals surface area contributed by atoms with E-state index >= 15 is 0 Å². The molecule has 11 heavy (non-hydrogen) atoms. The fraction of sp³-hybridized carbons (Fsp3) is 1.00. The van der Waals surface area contributed by atoms with Gasteiger partial charge in [-0.3, -0.25) is 0 Å². The number of nitrogens with one attached hydrogen (secondary N) is 1.